The van der Waals surface area contributed by atoms with Gasteiger partial charge in [-0.15, -0.1) is 0 Å². The molecule has 2 aromatic carbocycles. The molecule has 0 saturated heterocycles. The van der Waals surface area contributed by atoms with E-state index >= 15 is 0 Å². The molecule has 152 valence electrons. The fourth-order valence-electron chi connectivity index (χ4n) is 2.97. The van der Waals surface area contributed by atoms with E-state index in [4.69, 9.17) is 4.74 Å². The van der Waals surface area contributed by atoms with Crippen molar-refractivity contribution in [1.29, 1.82) is 0 Å². The smallest absolute Gasteiger partial charge is 0.191 e. The number of aromatic nitrogens is 2. The highest BCUT2D eigenvalue weighted by molar-refractivity contribution is 5.79. The van der Waals surface area contributed by atoms with Crippen LogP contribution in [0.2, 0.25) is 0 Å². The van der Waals surface area contributed by atoms with Crippen LogP contribution >= 0.6 is 0 Å². The summed E-state index contributed by atoms with van der Waals surface area (Å²) >= 11 is 0. The predicted molar refractivity (Wildman–Crippen MR) is 118 cm³/mol. The summed E-state index contributed by atoms with van der Waals surface area (Å²) in [5.41, 5.74) is 3.48. The third-order valence-electron chi connectivity index (χ3n) is 4.37. The quantitative estimate of drug-likeness (QED) is 0.455. The highest BCUT2D eigenvalue weighted by atomic mass is 16.5. The van der Waals surface area contributed by atoms with Gasteiger partial charge < -0.3 is 15.4 Å². The Bertz CT molecular complexity index is 901. The van der Waals surface area contributed by atoms with Crippen LogP contribution in [0, 0.1) is 0 Å². The van der Waals surface area contributed by atoms with Gasteiger partial charge in [-0.1, -0.05) is 24.3 Å². The molecule has 0 aliphatic heterocycles. The molecule has 0 fully saturated rings. The Kier molecular flexibility index (Phi) is 7.28. The Morgan fingerprint density at radius 3 is 2.59 bits per heavy atom. The normalized spacial score (nSPS) is 11.5. The van der Waals surface area contributed by atoms with Gasteiger partial charge in [-0.05, 0) is 61.7 Å². The largest absolute Gasteiger partial charge is 0.491 e. The van der Waals surface area contributed by atoms with Crippen LogP contribution in [0.15, 0.2) is 72.0 Å². The van der Waals surface area contributed by atoms with Crippen molar-refractivity contribution >= 4 is 5.96 Å². The summed E-state index contributed by atoms with van der Waals surface area (Å²) in [5, 5.41) is 11.0. The Morgan fingerprint density at radius 2 is 1.90 bits per heavy atom. The average molecular weight is 392 g/mol. The van der Waals surface area contributed by atoms with Gasteiger partial charge in [0.05, 0.1) is 11.8 Å². The van der Waals surface area contributed by atoms with Crippen LogP contribution in [0.5, 0.6) is 5.75 Å². The maximum atomic E-state index is 5.75. The number of nitrogens with one attached hydrogen (secondary N) is 2. The average Bonchev–Trinajstić information content (AvgIpc) is 3.26. The van der Waals surface area contributed by atoms with Crippen molar-refractivity contribution in [1.82, 2.24) is 20.4 Å². The van der Waals surface area contributed by atoms with E-state index < -0.39 is 0 Å². The first-order chi connectivity index (χ1) is 14.1. The first kappa shape index (κ1) is 20.5. The van der Waals surface area contributed by atoms with Crippen LogP contribution in [0.1, 0.15) is 25.0 Å². The van der Waals surface area contributed by atoms with Crippen molar-refractivity contribution in [2.45, 2.75) is 32.9 Å². The summed E-state index contributed by atoms with van der Waals surface area (Å²) in [7, 11) is 1.78. The lowest BCUT2D eigenvalue weighted by atomic mass is 10.1. The molecule has 2 N–H and O–H groups in total. The van der Waals surface area contributed by atoms with Crippen LogP contribution in [0.3, 0.4) is 0 Å². The van der Waals surface area contributed by atoms with Crippen LogP contribution in [0.25, 0.3) is 5.69 Å². The predicted octanol–water partition coefficient (Wildman–Crippen LogP) is 3.57. The number of hydrogen-bond acceptors (Lipinski definition) is 3. The van der Waals surface area contributed by atoms with E-state index in [9.17, 15) is 0 Å². The third kappa shape index (κ3) is 6.38. The molecule has 0 aliphatic rings. The van der Waals surface area contributed by atoms with Crippen molar-refractivity contribution in [2.75, 3.05) is 13.6 Å². The minimum atomic E-state index is 0.168. The fraction of sp³-hybridized carbons (Fsp3) is 0.304. The second-order valence-corrected chi connectivity index (χ2v) is 7.03. The summed E-state index contributed by atoms with van der Waals surface area (Å²) < 4.78 is 7.61. The number of guanidine groups is 1. The number of aliphatic imine (C=N–C) groups is 1. The molecule has 3 rings (SSSR count). The molecule has 1 heterocycles. The Morgan fingerprint density at radius 1 is 1.07 bits per heavy atom. The zero-order valence-electron chi connectivity index (χ0n) is 17.3. The zero-order chi connectivity index (χ0) is 20.5. The van der Waals surface area contributed by atoms with Gasteiger partial charge in [0.25, 0.3) is 0 Å². The van der Waals surface area contributed by atoms with Gasteiger partial charge in [-0.3, -0.25) is 4.99 Å². The SMILES string of the molecule is CN=C(NCCc1ccc(-n2cccn2)cc1)NCc1cccc(OC(C)C)c1. The molecule has 0 aliphatic carbocycles. The van der Waals surface area contributed by atoms with Crippen LogP contribution < -0.4 is 15.4 Å². The minimum absolute atomic E-state index is 0.168. The van der Waals surface area contributed by atoms with Crippen LogP contribution in [0.4, 0.5) is 0 Å². The first-order valence-electron chi connectivity index (χ1n) is 9.93. The van der Waals surface area contributed by atoms with E-state index in [1.807, 2.05) is 42.9 Å². The number of ether oxygens (including phenoxy) is 1. The molecule has 0 radical (unpaired) electrons. The van der Waals surface area contributed by atoms with Crippen molar-refractivity contribution < 1.29 is 4.74 Å². The van der Waals surface area contributed by atoms with E-state index in [-0.39, 0.29) is 6.10 Å². The highest BCUT2D eigenvalue weighted by Crippen LogP contribution is 2.14. The second kappa shape index (κ2) is 10.3. The summed E-state index contributed by atoms with van der Waals surface area (Å²) in [6.45, 7) is 5.55. The molecular formula is C23H29N5O. The molecule has 6 nitrogen and oxygen atoms in total. The van der Waals surface area contributed by atoms with Crippen LogP contribution in [-0.2, 0) is 13.0 Å². The Hall–Kier alpha value is -3.28. The first-order valence-corrected chi connectivity index (χ1v) is 9.93. The molecule has 6 heteroatoms. The molecule has 29 heavy (non-hydrogen) atoms. The van der Waals surface area contributed by atoms with Gasteiger partial charge in [-0.25, -0.2) is 4.68 Å². The second-order valence-electron chi connectivity index (χ2n) is 7.03. The molecule has 1 aromatic heterocycles. The lowest BCUT2D eigenvalue weighted by molar-refractivity contribution is 0.242. The van der Waals surface area contributed by atoms with E-state index in [0.29, 0.717) is 6.54 Å². The van der Waals surface area contributed by atoms with Gasteiger partial charge in [0, 0.05) is 32.5 Å². The van der Waals surface area contributed by atoms with E-state index in [2.05, 4.69) is 57.1 Å². The molecular weight excluding hydrogens is 362 g/mol. The summed E-state index contributed by atoms with van der Waals surface area (Å²) in [4.78, 5) is 4.30. The lowest BCUT2D eigenvalue weighted by Crippen LogP contribution is -2.37. The maximum absolute atomic E-state index is 5.75. The third-order valence-corrected chi connectivity index (χ3v) is 4.37. The molecule has 3 aromatic rings. The van der Waals surface area contributed by atoms with Gasteiger partial charge in [0.2, 0.25) is 0 Å². The van der Waals surface area contributed by atoms with Crippen molar-refractivity contribution in [3.05, 3.63) is 78.1 Å². The standard InChI is InChI=1S/C23H29N5O/c1-18(2)29-22-7-4-6-20(16-22)17-26-23(24-3)25-14-12-19-8-10-21(11-9-19)28-15-5-13-27-28/h4-11,13,15-16,18H,12,14,17H2,1-3H3,(H2,24,25,26). The Balaban J connectivity index is 1.45. The highest BCUT2D eigenvalue weighted by Gasteiger charge is 2.02. The molecule has 0 bridgehead atoms. The van der Waals surface area contributed by atoms with Gasteiger partial charge in [0.15, 0.2) is 5.96 Å². The van der Waals surface area contributed by atoms with Crippen LogP contribution in [-0.4, -0.2) is 35.4 Å². The number of nitrogens with zero attached hydrogens (tertiary/aromatic N) is 3. The van der Waals surface area contributed by atoms with Crippen molar-refractivity contribution in [3.8, 4) is 11.4 Å². The molecule has 0 atom stereocenters. The summed E-state index contributed by atoms with van der Waals surface area (Å²) in [6.07, 6.45) is 4.81. The fourth-order valence-corrected chi connectivity index (χ4v) is 2.97. The Labute approximate surface area is 172 Å². The molecule has 0 spiro atoms. The number of hydrogen-bond donors (Lipinski definition) is 2. The molecule has 0 amide bonds. The maximum Gasteiger partial charge on any atom is 0.191 e. The minimum Gasteiger partial charge on any atom is -0.491 e. The summed E-state index contributed by atoms with van der Waals surface area (Å²) in [6, 6.07) is 18.5. The number of rotatable bonds is 8. The molecule has 0 saturated carbocycles. The monoisotopic (exact) mass is 391 g/mol. The van der Waals surface area contributed by atoms with E-state index in [1.165, 1.54) is 5.56 Å². The molecule has 0 unspecified atom stereocenters. The van der Waals surface area contributed by atoms with Gasteiger partial charge in [0.1, 0.15) is 5.75 Å². The zero-order valence-corrected chi connectivity index (χ0v) is 17.3. The lowest BCUT2D eigenvalue weighted by Gasteiger charge is -2.14. The van der Waals surface area contributed by atoms with E-state index in [0.717, 1.165) is 35.9 Å². The van der Waals surface area contributed by atoms with Crippen molar-refractivity contribution in [2.24, 2.45) is 4.99 Å². The number of benzene rings is 2. The van der Waals surface area contributed by atoms with Crippen molar-refractivity contribution in [3.63, 3.8) is 0 Å². The van der Waals surface area contributed by atoms with Gasteiger partial charge >= 0.3 is 0 Å². The summed E-state index contributed by atoms with van der Waals surface area (Å²) in [5.74, 6) is 1.68. The van der Waals surface area contributed by atoms with E-state index in [1.54, 1.807) is 13.2 Å². The topological polar surface area (TPSA) is 63.5 Å². The van der Waals surface area contributed by atoms with Gasteiger partial charge in [-0.2, -0.15) is 5.10 Å².